The van der Waals surface area contributed by atoms with Crippen molar-refractivity contribution in [3.05, 3.63) is 59.2 Å². The summed E-state index contributed by atoms with van der Waals surface area (Å²) in [7, 11) is 2.20. The van der Waals surface area contributed by atoms with Gasteiger partial charge in [-0.1, -0.05) is 43.3 Å². The van der Waals surface area contributed by atoms with Gasteiger partial charge in [0, 0.05) is 32.7 Å². The number of hydrogen-bond donors (Lipinski definition) is 0. The summed E-state index contributed by atoms with van der Waals surface area (Å²) in [5.74, 6) is 0.816. The van der Waals surface area contributed by atoms with Gasteiger partial charge in [0.15, 0.2) is 0 Å². The minimum Gasteiger partial charge on any atom is -0.305 e. The molecule has 0 N–H and O–H groups in total. The molecule has 0 amide bonds. The number of nitrogens with zero attached hydrogens (tertiary/aromatic N) is 4. The Kier molecular flexibility index (Phi) is 6.84. The van der Waals surface area contributed by atoms with E-state index in [4.69, 9.17) is 0 Å². The van der Waals surface area contributed by atoms with Crippen LogP contribution in [0.2, 0.25) is 0 Å². The lowest BCUT2D eigenvalue weighted by Crippen LogP contribution is -2.28. The van der Waals surface area contributed by atoms with Crippen LogP contribution in [-0.2, 0) is 13.1 Å². The van der Waals surface area contributed by atoms with Gasteiger partial charge in [-0.05, 0) is 73.8 Å². The lowest BCUT2D eigenvalue weighted by Gasteiger charge is -2.20. The zero-order valence-electron chi connectivity index (χ0n) is 18.5. The van der Waals surface area contributed by atoms with Crippen LogP contribution in [0.5, 0.6) is 0 Å². The van der Waals surface area contributed by atoms with Crippen LogP contribution in [0.25, 0.3) is 11.1 Å². The molecule has 158 valence electrons. The molecular formula is C26H34N4. The van der Waals surface area contributed by atoms with Crippen LogP contribution in [0.3, 0.4) is 0 Å². The minimum atomic E-state index is 0.778. The van der Waals surface area contributed by atoms with Gasteiger partial charge >= 0.3 is 0 Å². The molecule has 0 bridgehead atoms. The second kappa shape index (κ2) is 9.75. The fourth-order valence-corrected chi connectivity index (χ4v) is 4.77. The van der Waals surface area contributed by atoms with Crippen molar-refractivity contribution < 1.29 is 0 Å². The molecule has 1 unspecified atom stereocenters. The quantitative estimate of drug-likeness (QED) is 0.750. The molecule has 30 heavy (non-hydrogen) atoms. The van der Waals surface area contributed by atoms with Gasteiger partial charge in [0.05, 0.1) is 11.6 Å². The Morgan fingerprint density at radius 3 is 2.40 bits per heavy atom. The number of rotatable bonds is 5. The summed E-state index contributed by atoms with van der Waals surface area (Å²) >= 11 is 0. The molecule has 4 heteroatoms. The van der Waals surface area contributed by atoms with Gasteiger partial charge in [-0.2, -0.15) is 5.26 Å². The average Bonchev–Trinajstić information content (AvgIpc) is 3.05. The summed E-state index contributed by atoms with van der Waals surface area (Å²) in [6.07, 6.45) is 2.52. The summed E-state index contributed by atoms with van der Waals surface area (Å²) in [6.45, 7) is 11.2. The van der Waals surface area contributed by atoms with Gasteiger partial charge in [0.25, 0.3) is 0 Å². The molecule has 0 saturated carbocycles. The van der Waals surface area contributed by atoms with E-state index in [2.05, 4.69) is 77.2 Å². The van der Waals surface area contributed by atoms with E-state index in [0.29, 0.717) is 0 Å². The van der Waals surface area contributed by atoms with Crippen LogP contribution in [0, 0.1) is 17.2 Å². The van der Waals surface area contributed by atoms with Gasteiger partial charge in [0.1, 0.15) is 0 Å². The lowest BCUT2D eigenvalue weighted by atomic mass is 9.97. The largest absolute Gasteiger partial charge is 0.305 e. The maximum Gasteiger partial charge on any atom is 0.0998 e. The minimum absolute atomic E-state index is 0.778. The third-order valence-electron chi connectivity index (χ3n) is 6.60. The van der Waals surface area contributed by atoms with Gasteiger partial charge in [-0.3, -0.25) is 9.80 Å². The first-order valence-corrected chi connectivity index (χ1v) is 11.4. The van der Waals surface area contributed by atoms with Crippen molar-refractivity contribution in [1.82, 2.24) is 14.7 Å². The first kappa shape index (κ1) is 21.1. The van der Waals surface area contributed by atoms with Crippen molar-refractivity contribution in [1.29, 1.82) is 5.26 Å². The molecule has 1 atom stereocenters. The van der Waals surface area contributed by atoms with Crippen LogP contribution >= 0.6 is 0 Å². The van der Waals surface area contributed by atoms with Crippen LogP contribution < -0.4 is 0 Å². The lowest BCUT2D eigenvalue weighted by molar-refractivity contribution is 0.269. The third kappa shape index (κ3) is 5.29. The van der Waals surface area contributed by atoms with E-state index in [0.717, 1.165) is 55.3 Å². The Bertz CT molecular complexity index is 883. The van der Waals surface area contributed by atoms with Gasteiger partial charge in [0.2, 0.25) is 0 Å². The first-order valence-electron chi connectivity index (χ1n) is 11.4. The number of hydrogen-bond acceptors (Lipinski definition) is 4. The molecule has 2 saturated heterocycles. The molecule has 2 heterocycles. The Labute approximate surface area is 181 Å². The molecule has 2 aliphatic heterocycles. The Morgan fingerprint density at radius 2 is 1.67 bits per heavy atom. The summed E-state index contributed by atoms with van der Waals surface area (Å²) in [5.41, 5.74) is 5.54. The summed E-state index contributed by atoms with van der Waals surface area (Å²) in [6, 6.07) is 17.7. The normalized spacial score (nSPS) is 21.4. The molecule has 0 aromatic heterocycles. The van der Waals surface area contributed by atoms with Gasteiger partial charge in [-0.25, -0.2) is 0 Å². The highest BCUT2D eigenvalue weighted by atomic mass is 15.2. The number of nitriles is 1. The highest BCUT2D eigenvalue weighted by molar-refractivity contribution is 5.71. The van der Waals surface area contributed by atoms with E-state index in [9.17, 15) is 5.26 Å². The molecule has 4 rings (SSSR count). The topological polar surface area (TPSA) is 33.5 Å². The zero-order valence-corrected chi connectivity index (χ0v) is 18.5. The molecule has 2 fully saturated rings. The van der Waals surface area contributed by atoms with Crippen LogP contribution in [0.15, 0.2) is 42.5 Å². The second-order valence-electron chi connectivity index (χ2n) is 9.25. The fourth-order valence-electron chi connectivity index (χ4n) is 4.77. The van der Waals surface area contributed by atoms with E-state index >= 15 is 0 Å². The Morgan fingerprint density at radius 1 is 0.900 bits per heavy atom. The zero-order chi connectivity index (χ0) is 20.9. The van der Waals surface area contributed by atoms with E-state index < -0.39 is 0 Å². The monoisotopic (exact) mass is 402 g/mol. The third-order valence-corrected chi connectivity index (χ3v) is 6.60. The van der Waals surface area contributed by atoms with Crippen LogP contribution in [0.1, 0.15) is 36.5 Å². The van der Waals surface area contributed by atoms with Gasteiger partial charge in [-0.15, -0.1) is 0 Å². The Hall–Kier alpha value is -2.19. The average molecular weight is 403 g/mol. The van der Waals surface area contributed by atoms with Gasteiger partial charge < -0.3 is 4.90 Å². The summed E-state index contributed by atoms with van der Waals surface area (Å²) in [4.78, 5) is 7.45. The van der Waals surface area contributed by atoms with Crippen molar-refractivity contribution in [2.24, 2.45) is 5.92 Å². The van der Waals surface area contributed by atoms with E-state index in [1.165, 1.54) is 43.6 Å². The van der Waals surface area contributed by atoms with Crippen molar-refractivity contribution in [3.8, 4) is 17.2 Å². The molecule has 2 aromatic carbocycles. The Balaban J connectivity index is 1.44. The predicted octanol–water partition coefficient (Wildman–Crippen LogP) is 4.20. The molecule has 0 radical (unpaired) electrons. The SMILES string of the molecule is CC1CCN(Cc2ccc(-c3ccc(CN4CCCN(C)CC4)cc3C#N)cc2)C1. The van der Waals surface area contributed by atoms with Crippen molar-refractivity contribution in [3.63, 3.8) is 0 Å². The molecule has 4 nitrogen and oxygen atoms in total. The molecule has 0 aliphatic carbocycles. The summed E-state index contributed by atoms with van der Waals surface area (Å²) in [5, 5.41) is 9.78. The van der Waals surface area contributed by atoms with Crippen LogP contribution in [-0.4, -0.2) is 61.0 Å². The van der Waals surface area contributed by atoms with Crippen molar-refractivity contribution in [2.75, 3.05) is 46.3 Å². The highest BCUT2D eigenvalue weighted by Crippen LogP contribution is 2.26. The smallest absolute Gasteiger partial charge is 0.0998 e. The van der Waals surface area contributed by atoms with Crippen LogP contribution in [0.4, 0.5) is 0 Å². The van der Waals surface area contributed by atoms with E-state index in [1.807, 2.05) is 0 Å². The standard InChI is InChI=1S/C26H34N4/c1-21-10-13-30(18-21)19-22-4-7-24(8-5-22)26-9-6-23(16-25(26)17-27)20-29-12-3-11-28(2)14-15-29/h4-9,16,21H,3,10-15,18-20H2,1-2H3. The van der Waals surface area contributed by atoms with Crippen molar-refractivity contribution >= 4 is 0 Å². The van der Waals surface area contributed by atoms with Crippen molar-refractivity contribution in [2.45, 2.75) is 32.9 Å². The first-order chi connectivity index (χ1) is 14.6. The maximum atomic E-state index is 9.78. The van der Waals surface area contributed by atoms with E-state index in [1.54, 1.807) is 0 Å². The van der Waals surface area contributed by atoms with E-state index in [-0.39, 0.29) is 0 Å². The summed E-state index contributed by atoms with van der Waals surface area (Å²) < 4.78 is 0. The maximum absolute atomic E-state index is 9.78. The second-order valence-corrected chi connectivity index (χ2v) is 9.25. The molecule has 2 aromatic rings. The fraction of sp³-hybridized carbons (Fsp3) is 0.500. The molecule has 0 spiro atoms. The number of benzene rings is 2. The number of likely N-dealkylation sites (N-methyl/N-ethyl adjacent to an activating group) is 1. The number of likely N-dealkylation sites (tertiary alicyclic amines) is 1. The highest BCUT2D eigenvalue weighted by Gasteiger charge is 2.18. The molecular weight excluding hydrogens is 368 g/mol. The predicted molar refractivity (Wildman–Crippen MR) is 123 cm³/mol. The molecule has 2 aliphatic rings.